The number of nitrogens with zero attached hydrogens (tertiary/aromatic N) is 1. The van der Waals surface area contributed by atoms with Crippen LogP contribution in [0.1, 0.15) is 41.0 Å². The van der Waals surface area contributed by atoms with Crippen LogP contribution in [0.4, 0.5) is 11.5 Å². The number of esters is 1. The fourth-order valence-electron chi connectivity index (χ4n) is 1.99. The summed E-state index contributed by atoms with van der Waals surface area (Å²) >= 11 is 0. The minimum absolute atomic E-state index is 0.130. The molecule has 24 heavy (non-hydrogen) atoms. The van der Waals surface area contributed by atoms with Crippen LogP contribution in [0.15, 0.2) is 42.6 Å². The molecule has 126 valence electrons. The van der Waals surface area contributed by atoms with Crippen LogP contribution in [-0.2, 0) is 4.74 Å². The van der Waals surface area contributed by atoms with E-state index in [1.165, 1.54) is 6.20 Å². The van der Waals surface area contributed by atoms with E-state index in [9.17, 15) is 9.59 Å². The van der Waals surface area contributed by atoms with E-state index >= 15 is 0 Å². The molecule has 6 nitrogen and oxygen atoms in total. The van der Waals surface area contributed by atoms with Crippen molar-refractivity contribution in [1.82, 2.24) is 10.3 Å². The van der Waals surface area contributed by atoms with Gasteiger partial charge in [-0.05, 0) is 49.7 Å². The van der Waals surface area contributed by atoms with Crippen LogP contribution in [-0.4, -0.2) is 30.0 Å². The summed E-state index contributed by atoms with van der Waals surface area (Å²) < 4.78 is 4.94. The Labute approximate surface area is 141 Å². The van der Waals surface area contributed by atoms with E-state index in [-0.39, 0.29) is 11.9 Å². The summed E-state index contributed by atoms with van der Waals surface area (Å²) in [5, 5.41) is 5.92. The second kappa shape index (κ2) is 8.67. The van der Waals surface area contributed by atoms with Crippen LogP contribution >= 0.6 is 0 Å². The van der Waals surface area contributed by atoms with Crippen molar-refractivity contribution in [2.24, 2.45) is 0 Å². The number of amides is 1. The molecule has 0 spiro atoms. The molecule has 0 fully saturated rings. The van der Waals surface area contributed by atoms with E-state index in [4.69, 9.17) is 4.74 Å². The van der Waals surface area contributed by atoms with Crippen LogP contribution in [0.5, 0.6) is 0 Å². The highest BCUT2D eigenvalue weighted by molar-refractivity contribution is 5.94. The number of anilines is 2. The van der Waals surface area contributed by atoms with Crippen molar-refractivity contribution in [2.45, 2.75) is 20.3 Å². The van der Waals surface area contributed by atoms with Crippen molar-refractivity contribution in [3.63, 3.8) is 0 Å². The fourth-order valence-corrected chi connectivity index (χ4v) is 1.99. The molecule has 0 aliphatic carbocycles. The van der Waals surface area contributed by atoms with E-state index in [2.05, 4.69) is 15.6 Å². The Morgan fingerprint density at radius 2 is 1.75 bits per heavy atom. The molecular formula is C18H21N3O3. The minimum Gasteiger partial charge on any atom is -0.462 e. The van der Waals surface area contributed by atoms with Gasteiger partial charge in [-0.25, -0.2) is 9.78 Å². The number of carbonyl (C=O) groups is 2. The standard InChI is InChI=1S/C18H21N3O3/c1-3-11-19-17(22)14-7-10-16(20-12-14)21-15-8-5-13(6-9-15)18(23)24-4-2/h5-10,12H,3-4,11H2,1-2H3,(H,19,22)(H,20,21). The van der Waals surface area contributed by atoms with E-state index in [1.54, 1.807) is 43.3 Å². The van der Waals surface area contributed by atoms with Crippen LogP contribution in [0.2, 0.25) is 0 Å². The average Bonchev–Trinajstić information content (AvgIpc) is 2.61. The molecule has 1 aromatic heterocycles. The third-order valence-electron chi connectivity index (χ3n) is 3.23. The Hall–Kier alpha value is -2.89. The number of carbonyl (C=O) groups excluding carboxylic acids is 2. The molecule has 0 unspecified atom stereocenters. The van der Waals surface area contributed by atoms with E-state index < -0.39 is 0 Å². The number of benzene rings is 1. The average molecular weight is 327 g/mol. The van der Waals surface area contributed by atoms with E-state index in [0.717, 1.165) is 12.1 Å². The molecule has 0 radical (unpaired) electrons. The Bertz CT molecular complexity index is 682. The minimum atomic E-state index is -0.343. The Morgan fingerprint density at radius 1 is 1.04 bits per heavy atom. The summed E-state index contributed by atoms with van der Waals surface area (Å²) in [5.41, 5.74) is 1.81. The number of nitrogens with one attached hydrogen (secondary N) is 2. The molecule has 0 aliphatic rings. The van der Waals surface area contributed by atoms with Crippen molar-refractivity contribution >= 4 is 23.4 Å². The molecule has 2 N–H and O–H groups in total. The van der Waals surface area contributed by atoms with E-state index in [0.29, 0.717) is 30.1 Å². The first-order valence-electron chi connectivity index (χ1n) is 7.92. The zero-order valence-corrected chi connectivity index (χ0v) is 13.8. The first-order chi connectivity index (χ1) is 11.6. The van der Waals surface area contributed by atoms with Crippen LogP contribution in [0.3, 0.4) is 0 Å². The number of aromatic nitrogens is 1. The predicted octanol–water partition coefficient (Wildman–Crippen LogP) is 3.14. The molecule has 2 aromatic rings. The Kier molecular flexibility index (Phi) is 6.31. The third-order valence-corrected chi connectivity index (χ3v) is 3.23. The highest BCUT2D eigenvalue weighted by Crippen LogP contribution is 2.16. The zero-order valence-electron chi connectivity index (χ0n) is 13.8. The highest BCUT2D eigenvalue weighted by atomic mass is 16.5. The lowest BCUT2D eigenvalue weighted by molar-refractivity contribution is 0.0526. The number of rotatable bonds is 7. The summed E-state index contributed by atoms with van der Waals surface area (Å²) in [4.78, 5) is 27.6. The Morgan fingerprint density at radius 3 is 2.33 bits per heavy atom. The summed E-state index contributed by atoms with van der Waals surface area (Å²) in [6, 6.07) is 10.4. The first kappa shape index (κ1) is 17.5. The van der Waals surface area contributed by atoms with Gasteiger partial charge in [-0.3, -0.25) is 4.79 Å². The van der Waals surface area contributed by atoms with Crippen molar-refractivity contribution < 1.29 is 14.3 Å². The normalized spacial score (nSPS) is 10.1. The van der Waals surface area contributed by atoms with Gasteiger partial charge in [-0.1, -0.05) is 6.92 Å². The van der Waals surface area contributed by atoms with Gasteiger partial charge < -0.3 is 15.4 Å². The van der Waals surface area contributed by atoms with Gasteiger partial charge in [-0.2, -0.15) is 0 Å². The number of hydrogen-bond acceptors (Lipinski definition) is 5. The second-order valence-electron chi connectivity index (χ2n) is 5.11. The van der Waals surface area contributed by atoms with Crippen LogP contribution in [0.25, 0.3) is 0 Å². The zero-order chi connectivity index (χ0) is 17.4. The predicted molar refractivity (Wildman–Crippen MR) is 92.5 cm³/mol. The van der Waals surface area contributed by atoms with E-state index in [1.807, 2.05) is 6.92 Å². The van der Waals surface area contributed by atoms with Gasteiger partial charge in [0.2, 0.25) is 0 Å². The molecule has 2 rings (SSSR count). The van der Waals surface area contributed by atoms with Crippen LogP contribution < -0.4 is 10.6 Å². The molecule has 1 amide bonds. The van der Waals surface area contributed by atoms with Gasteiger partial charge in [0.1, 0.15) is 5.82 Å². The molecule has 0 atom stereocenters. The van der Waals surface area contributed by atoms with Gasteiger partial charge in [0, 0.05) is 18.4 Å². The summed E-state index contributed by atoms with van der Waals surface area (Å²) in [6.07, 6.45) is 2.42. The van der Waals surface area contributed by atoms with Gasteiger partial charge in [-0.15, -0.1) is 0 Å². The molecule has 1 heterocycles. The lowest BCUT2D eigenvalue weighted by Crippen LogP contribution is -2.24. The van der Waals surface area contributed by atoms with Gasteiger partial charge in [0.05, 0.1) is 17.7 Å². The molecule has 0 aliphatic heterocycles. The van der Waals surface area contributed by atoms with Crippen molar-refractivity contribution in [3.8, 4) is 0 Å². The SMILES string of the molecule is CCCNC(=O)c1ccc(Nc2ccc(C(=O)OCC)cc2)nc1. The maximum atomic E-state index is 11.8. The largest absolute Gasteiger partial charge is 0.462 e. The van der Waals surface area contributed by atoms with Gasteiger partial charge in [0.15, 0.2) is 0 Å². The molecular weight excluding hydrogens is 306 g/mol. The quantitative estimate of drug-likeness (QED) is 0.764. The van der Waals surface area contributed by atoms with Gasteiger partial charge in [0.25, 0.3) is 5.91 Å². The molecule has 6 heteroatoms. The fraction of sp³-hybridized carbons (Fsp3) is 0.278. The lowest BCUT2D eigenvalue weighted by atomic mass is 10.2. The summed E-state index contributed by atoms with van der Waals surface area (Å²) in [5.74, 6) is 0.144. The van der Waals surface area contributed by atoms with Crippen molar-refractivity contribution in [1.29, 1.82) is 0 Å². The molecule has 0 saturated carbocycles. The number of hydrogen-bond donors (Lipinski definition) is 2. The number of ether oxygens (including phenoxy) is 1. The first-order valence-corrected chi connectivity index (χ1v) is 7.92. The van der Waals surface area contributed by atoms with Crippen molar-refractivity contribution in [2.75, 3.05) is 18.5 Å². The third kappa shape index (κ3) is 4.81. The monoisotopic (exact) mass is 327 g/mol. The second-order valence-corrected chi connectivity index (χ2v) is 5.11. The number of pyridine rings is 1. The topological polar surface area (TPSA) is 80.3 Å². The van der Waals surface area contributed by atoms with Crippen molar-refractivity contribution in [3.05, 3.63) is 53.7 Å². The maximum Gasteiger partial charge on any atom is 0.338 e. The molecule has 0 bridgehead atoms. The summed E-state index contributed by atoms with van der Waals surface area (Å²) in [7, 11) is 0. The maximum absolute atomic E-state index is 11.8. The summed E-state index contributed by atoms with van der Waals surface area (Å²) in [6.45, 7) is 4.76. The molecule has 0 saturated heterocycles. The van der Waals surface area contributed by atoms with Gasteiger partial charge >= 0.3 is 5.97 Å². The lowest BCUT2D eigenvalue weighted by Gasteiger charge is -2.08. The smallest absolute Gasteiger partial charge is 0.338 e. The highest BCUT2D eigenvalue weighted by Gasteiger charge is 2.07. The van der Waals surface area contributed by atoms with Crippen LogP contribution in [0, 0.1) is 0 Å². The Balaban J connectivity index is 1.98. The molecule has 1 aromatic carbocycles.